The molecule has 0 atom stereocenters. The van der Waals surface area contributed by atoms with Crippen molar-refractivity contribution in [3.05, 3.63) is 46.4 Å². The molecule has 0 amide bonds. The highest BCUT2D eigenvalue weighted by atomic mass is 35.5. The highest BCUT2D eigenvalue weighted by molar-refractivity contribution is 7.89. The zero-order chi connectivity index (χ0) is 19.0. The van der Waals surface area contributed by atoms with E-state index in [4.69, 9.17) is 11.6 Å². The van der Waals surface area contributed by atoms with Gasteiger partial charge in [-0.05, 0) is 50.5 Å². The third-order valence-electron chi connectivity index (χ3n) is 5.22. The van der Waals surface area contributed by atoms with Crippen LogP contribution < -0.4 is 4.90 Å². The molecule has 1 fully saturated rings. The topological polar surface area (TPSA) is 66.4 Å². The Labute approximate surface area is 165 Å². The third kappa shape index (κ3) is 3.68. The Morgan fingerprint density at radius 3 is 2.41 bits per heavy atom. The maximum atomic E-state index is 13.1. The monoisotopic (exact) mass is 406 g/mol. The zero-order valence-corrected chi connectivity index (χ0v) is 16.9. The molecule has 0 unspecified atom stereocenters. The van der Waals surface area contributed by atoms with Gasteiger partial charge in [-0.15, -0.1) is 0 Å². The summed E-state index contributed by atoms with van der Waals surface area (Å²) in [7, 11) is -3.58. The quantitative estimate of drug-likeness (QED) is 0.783. The Bertz CT molecular complexity index is 941. The molecular weight excluding hydrogens is 384 g/mol. The Hall–Kier alpha value is -1.70. The van der Waals surface area contributed by atoms with Crippen LogP contribution in [-0.4, -0.2) is 42.3 Å². The molecule has 27 heavy (non-hydrogen) atoms. The molecule has 0 aliphatic carbocycles. The number of nitrogens with zero attached hydrogens (tertiary/aromatic N) is 4. The summed E-state index contributed by atoms with van der Waals surface area (Å²) in [5.74, 6) is 1.66. The van der Waals surface area contributed by atoms with Crippen LogP contribution in [0.1, 0.15) is 36.3 Å². The van der Waals surface area contributed by atoms with Crippen molar-refractivity contribution in [3.63, 3.8) is 0 Å². The van der Waals surface area contributed by atoms with Crippen LogP contribution in [0.15, 0.2) is 29.2 Å². The molecule has 0 spiro atoms. The summed E-state index contributed by atoms with van der Waals surface area (Å²) < 4.78 is 27.7. The molecule has 8 heteroatoms. The van der Waals surface area contributed by atoms with Crippen molar-refractivity contribution in [2.45, 2.75) is 44.0 Å². The third-order valence-corrected chi connectivity index (χ3v) is 7.33. The Morgan fingerprint density at radius 1 is 1.00 bits per heavy atom. The summed E-state index contributed by atoms with van der Waals surface area (Å²) in [4.78, 5) is 11.8. The summed E-state index contributed by atoms with van der Waals surface area (Å²) in [6.45, 7) is 4.57. The smallest absolute Gasteiger partial charge is 0.243 e. The largest absolute Gasteiger partial charge is 0.356 e. The fourth-order valence-electron chi connectivity index (χ4n) is 3.82. The SMILES string of the molecule is Cc1nc2c(c(N3CCCCC3)n1)CN(S(=O)(=O)c1ccc(Cl)cc1)CC2. The van der Waals surface area contributed by atoms with Gasteiger partial charge in [0.05, 0.1) is 10.6 Å². The number of aryl methyl sites for hydroxylation is 1. The minimum Gasteiger partial charge on any atom is -0.356 e. The Balaban J connectivity index is 1.68. The van der Waals surface area contributed by atoms with Crippen molar-refractivity contribution >= 4 is 27.4 Å². The van der Waals surface area contributed by atoms with Crippen LogP contribution in [-0.2, 0) is 23.0 Å². The lowest BCUT2D eigenvalue weighted by Gasteiger charge is -2.34. The van der Waals surface area contributed by atoms with Crippen LogP contribution in [0.4, 0.5) is 5.82 Å². The second-order valence-corrected chi connectivity index (χ2v) is 9.48. The molecule has 1 aromatic carbocycles. The van der Waals surface area contributed by atoms with Gasteiger partial charge < -0.3 is 4.90 Å². The number of hydrogen-bond donors (Lipinski definition) is 0. The van der Waals surface area contributed by atoms with Gasteiger partial charge in [-0.25, -0.2) is 18.4 Å². The molecule has 6 nitrogen and oxygen atoms in total. The normalized spacial score (nSPS) is 18.4. The van der Waals surface area contributed by atoms with Crippen LogP contribution in [0.3, 0.4) is 0 Å². The Kier molecular flexibility index (Phi) is 5.09. The average molecular weight is 407 g/mol. The van der Waals surface area contributed by atoms with E-state index in [0.717, 1.165) is 48.8 Å². The first-order chi connectivity index (χ1) is 12.9. The van der Waals surface area contributed by atoms with Crippen molar-refractivity contribution in [1.82, 2.24) is 14.3 Å². The van der Waals surface area contributed by atoms with Gasteiger partial charge in [0.25, 0.3) is 0 Å². The number of piperidine rings is 1. The van der Waals surface area contributed by atoms with Gasteiger partial charge in [0.15, 0.2) is 0 Å². The van der Waals surface area contributed by atoms with Gasteiger partial charge in [-0.2, -0.15) is 4.31 Å². The molecule has 1 aromatic heterocycles. The van der Waals surface area contributed by atoms with Gasteiger partial charge in [-0.3, -0.25) is 0 Å². The van der Waals surface area contributed by atoms with Crippen LogP contribution >= 0.6 is 11.6 Å². The summed E-state index contributed by atoms with van der Waals surface area (Å²) in [6, 6.07) is 6.34. The van der Waals surface area contributed by atoms with Gasteiger partial charge in [-0.1, -0.05) is 11.6 Å². The van der Waals surface area contributed by atoms with Crippen molar-refractivity contribution < 1.29 is 8.42 Å². The zero-order valence-electron chi connectivity index (χ0n) is 15.4. The van der Waals surface area contributed by atoms with E-state index in [9.17, 15) is 8.42 Å². The number of halogens is 1. The van der Waals surface area contributed by atoms with Gasteiger partial charge in [0.2, 0.25) is 10.0 Å². The maximum absolute atomic E-state index is 13.1. The molecule has 0 bridgehead atoms. The van der Waals surface area contributed by atoms with E-state index in [1.807, 2.05) is 6.92 Å². The molecule has 1 saturated heterocycles. The lowest BCUT2D eigenvalue weighted by molar-refractivity contribution is 0.385. The van der Waals surface area contributed by atoms with E-state index in [2.05, 4.69) is 14.9 Å². The highest BCUT2D eigenvalue weighted by Gasteiger charge is 2.32. The number of anilines is 1. The minimum atomic E-state index is -3.58. The van der Waals surface area contributed by atoms with Crippen LogP contribution in [0.25, 0.3) is 0 Å². The van der Waals surface area contributed by atoms with Crippen LogP contribution in [0.2, 0.25) is 5.02 Å². The summed E-state index contributed by atoms with van der Waals surface area (Å²) in [5, 5.41) is 0.522. The van der Waals surface area contributed by atoms with E-state index in [1.54, 1.807) is 24.3 Å². The molecule has 3 heterocycles. The van der Waals surface area contributed by atoms with Crippen molar-refractivity contribution in [2.24, 2.45) is 0 Å². The first-order valence-corrected chi connectivity index (χ1v) is 11.1. The summed E-state index contributed by atoms with van der Waals surface area (Å²) in [6.07, 6.45) is 4.13. The lowest BCUT2D eigenvalue weighted by Crippen LogP contribution is -2.39. The predicted molar refractivity (Wildman–Crippen MR) is 106 cm³/mol. The van der Waals surface area contributed by atoms with E-state index < -0.39 is 10.0 Å². The predicted octanol–water partition coefficient (Wildman–Crippen LogP) is 3.18. The molecule has 4 rings (SSSR count). The molecule has 144 valence electrons. The summed E-state index contributed by atoms with van der Waals surface area (Å²) >= 11 is 5.91. The second-order valence-electron chi connectivity index (χ2n) is 7.11. The number of rotatable bonds is 3. The van der Waals surface area contributed by atoms with Gasteiger partial charge >= 0.3 is 0 Å². The molecule has 2 aromatic rings. The molecule has 0 N–H and O–H groups in total. The van der Waals surface area contributed by atoms with E-state index in [0.29, 0.717) is 24.5 Å². The molecule has 2 aliphatic heterocycles. The molecule has 0 radical (unpaired) electrons. The second kappa shape index (κ2) is 7.37. The number of benzene rings is 1. The molecule has 0 saturated carbocycles. The van der Waals surface area contributed by atoms with Crippen LogP contribution in [0.5, 0.6) is 0 Å². The van der Waals surface area contributed by atoms with Gasteiger partial charge in [0, 0.05) is 43.2 Å². The maximum Gasteiger partial charge on any atom is 0.243 e. The van der Waals surface area contributed by atoms with Crippen molar-refractivity contribution in [1.29, 1.82) is 0 Å². The standard InChI is InChI=1S/C19H23ClN4O2S/c1-14-21-18-9-12-24(27(25,26)16-7-5-15(20)6-8-16)13-17(18)19(22-14)23-10-3-2-4-11-23/h5-8H,2-4,9-13H2,1H3. The number of hydrogen-bond acceptors (Lipinski definition) is 5. The number of fused-ring (bicyclic) bond motifs is 1. The fraction of sp³-hybridized carbons (Fsp3) is 0.474. The first-order valence-electron chi connectivity index (χ1n) is 9.32. The van der Waals surface area contributed by atoms with Crippen molar-refractivity contribution in [3.8, 4) is 0 Å². The minimum absolute atomic E-state index is 0.267. The van der Waals surface area contributed by atoms with Crippen LogP contribution in [0, 0.1) is 6.92 Å². The average Bonchev–Trinajstić information content (AvgIpc) is 2.68. The van der Waals surface area contributed by atoms with Gasteiger partial charge in [0.1, 0.15) is 11.6 Å². The van der Waals surface area contributed by atoms with E-state index in [1.165, 1.54) is 10.7 Å². The fourth-order valence-corrected chi connectivity index (χ4v) is 5.36. The first kappa shape index (κ1) is 18.7. The lowest BCUT2D eigenvalue weighted by atomic mass is 10.1. The molecule has 2 aliphatic rings. The number of aromatic nitrogens is 2. The van der Waals surface area contributed by atoms with Crippen molar-refractivity contribution in [2.75, 3.05) is 24.5 Å². The Morgan fingerprint density at radius 2 is 1.70 bits per heavy atom. The summed E-state index contributed by atoms with van der Waals surface area (Å²) in [5.41, 5.74) is 1.93. The number of sulfonamides is 1. The van der Waals surface area contributed by atoms with E-state index >= 15 is 0 Å². The molecular formula is C19H23ClN4O2S. The van der Waals surface area contributed by atoms with E-state index in [-0.39, 0.29) is 4.90 Å². The highest BCUT2D eigenvalue weighted by Crippen LogP contribution is 2.31.